The Bertz CT molecular complexity index is 297. The van der Waals surface area contributed by atoms with Crippen molar-refractivity contribution in [2.45, 2.75) is 77.2 Å². The van der Waals surface area contributed by atoms with E-state index in [-0.39, 0.29) is 12.3 Å². The van der Waals surface area contributed by atoms with Crippen molar-refractivity contribution < 1.29 is 24.5 Å². The summed E-state index contributed by atoms with van der Waals surface area (Å²) >= 11 is 0. The molecular weight excluding hydrogens is 248 g/mol. The van der Waals surface area contributed by atoms with Gasteiger partial charge in [0, 0.05) is 6.42 Å². The fraction of sp³-hybridized carbons (Fsp3) is 0.929. The molecule has 1 saturated heterocycles. The van der Waals surface area contributed by atoms with Crippen LogP contribution < -0.4 is 0 Å². The van der Waals surface area contributed by atoms with Gasteiger partial charge in [0.05, 0.1) is 17.8 Å². The van der Waals surface area contributed by atoms with Crippen molar-refractivity contribution in [2.75, 3.05) is 0 Å². The molecule has 1 aliphatic heterocycles. The first-order valence-electron chi connectivity index (χ1n) is 6.80. The first-order chi connectivity index (χ1) is 8.67. The van der Waals surface area contributed by atoms with Crippen molar-refractivity contribution in [2.24, 2.45) is 5.92 Å². The Balaban J connectivity index is 2.91. The molecule has 0 aromatic heterocycles. The van der Waals surface area contributed by atoms with Gasteiger partial charge in [0.25, 0.3) is 0 Å². The second-order valence-corrected chi connectivity index (χ2v) is 6.46. The Labute approximate surface area is 114 Å². The monoisotopic (exact) mass is 274 g/mol. The molecular formula is C14H26O5. The van der Waals surface area contributed by atoms with E-state index in [0.717, 1.165) is 6.29 Å². The summed E-state index contributed by atoms with van der Waals surface area (Å²) < 4.78 is 11.5. The van der Waals surface area contributed by atoms with Gasteiger partial charge in [-0.25, -0.2) is 0 Å². The number of hydrogen-bond donors (Lipinski definition) is 2. The number of aldehydes is 1. The van der Waals surface area contributed by atoms with Crippen LogP contribution in [0.15, 0.2) is 0 Å². The van der Waals surface area contributed by atoms with Crippen LogP contribution >= 0.6 is 0 Å². The molecule has 0 aromatic rings. The summed E-state index contributed by atoms with van der Waals surface area (Å²) in [4.78, 5) is 10.8. The summed E-state index contributed by atoms with van der Waals surface area (Å²) in [5.41, 5.74) is -0.486. The first kappa shape index (κ1) is 16.6. The average molecular weight is 274 g/mol. The fourth-order valence-corrected chi connectivity index (χ4v) is 2.36. The van der Waals surface area contributed by atoms with Gasteiger partial charge < -0.3 is 24.5 Å². The van der Waals surface area contributed by atoms with E-state index in [9.17, 15) is 15.0 Å². The highest BCUT2D eigenvalue weighted by Crippen LogP contribution is 2.31. The molecule has 5 heteroatoms. The zero-order valence-corrected chi connectivity index (χ0v) is 12.4. The Morgan fingerprint density at radius 3 is 2.26 bits per heavy atom. The number of carbonyl (C=O) groups excluding carboxylic acids is 1. The maximum atomic E-state index is 10.8. The molecule has 0 aliphatic carbocycles. The highest BCUT2D eigenvalue weighted by atomic mass is 16.6. The summed E-state index contributed by atoms with van der Waals surface area (Å²) in [6, 6.07) is 0. The third-order valence-corrected chi connectivity index (χ3v) is 3.20. The highest BCUT2D eigenvalue weighted by molar-refractivity contribution is 5.50. The minimum Gasteiger partial charge on any atom is -0.388 e. The third kappa shape index (κ3) is 4.24. The molecule has 5 atom stereocenters. The van der Waals surface area contributed by atoms with Crippen LogP contribution in [0.3, 0.4) is 0 Å². The number of hydrogen-bond acceptors (Lipinski definition) is 5. The molecule has 0 aromatic carbocycles. The molecule has 19 heavy (non-hydrogen) atoms. The predicted octanol–water partition coefficient (Wildman–Crippen LogP) is 0.904. The topological polar surface area (TPSA) is 76.0 Å². The predicted molar refractivity (Wildman–Crippen MR) is 70.8 cm³/mol. The normalized spacial score (nSPS) is 36.5. The molecule has 1 heterocycles. The number of aliphatic hydroxyl groups is 2. The molecule has 1 aliphatic rings. The van der Waals surface area contributed by atoms with Gasteiger partial charge in [-0.3, -0.25) is 0 Å². The number of ether oxygens (including phenoxy) is 2. The summed E-state index contributed by atoms with van der Waals surface area (Å²) in [6.07, 6.45) is -2.86. The van der Waals surface area contributed by atoms with E-state index >= 15 is 0 Å². The van der Waals surface area contributed by atoms with Crippen LogP contribution in [0.4, 0.5) is 0 Å². The van der Waals surface area contributed by atoms with Crippen LogP contribution in [0, 0.1) is 5.92 Å². The summed E-state index contributed by atoms with van der Waals surface area (Å²) in [6.45, 7) is 9.39. The third-order valence-electron chi connectivity index (χ3n) is 3.20. The molecule has 2 N–H and O–H groups in total. The minimum atomic E-state index is -1.05. The van der Waals surface area contributed by atoms with Crippen LogP contribution in [0.1, 0.15) is 41.0 Å². The minimum absolute atomic E-state index is 0.0504. The van der Waals surface area contributed by atoms with E-state index in [2.05, 4.69) is 0 Å². The maximum Gasteiger partial charge on any atom is 0.122 e. The largest absolute Gasteiger partial charge is 0.388 e. The molecule has 0 saturated carbocycles. The van der Waals surface area contributed by atoms with E-state index in [1.165, 1.54) is 0 Å². The van der Waals surface area contributed by atoms with Crippen LogP contribution in [0.5, 0.6) is 0 Å². The van der Waals surface area contributed by atoms with Gasteiger partial charge in [-0.2, -0.15) is 0 Å². The van der Waals surface area contributed by atoms with Crippen molar-refractivity contribution in [3.63, 3.8) is 0 Å². The summed E-state index contributed by atoms with van der Waals surface area (Å²) in [7, 11) is 0. The van der Waals surface area contributed by atoms with E-state index in [0.29, 0.717) is 0 Å². The molecule has 1 rings (SSSR count). The lowest BCUT2D eigenvalue weighted by atomic mass is 9.88. The van der Waals surface area contributed by atoms with Gasteiger partial charge in [0.1, 0.15) is 24.6 Å². The lowest BCUT2D eigenvalue weighted by Gasteiger charge is -2.45. The molecule has 0 spiro atoms. The Morgan fingerprint density at radius 2 is 1.84 bits per heavy atom. The van der Waals surface area contributed by atoms with Gasteiger partial charge in [0.15, 0.2) is 0 Å². The second-order valence-electron chi connectivity index (χ2n) is 6.46. The van der Waals surface area contributed by atoms with Crippen molar-refractivity contribution in [3.05, 3.63) is 0 Å². The zero-order valence-electron chi connectivity index (χ0n) is 12.4. The van der Waals surface area contributed by atoms with Crippen LogP contribution in [-0.4, -0.2) is 52.6 Å². The van der Waals surface area contributed by atoms with Crippen molar-refractivity contribution in [3.8, 4) is 0 Å². The summed E-state index contributed by atoms with van der Waals surface area (Å²) in [5, 5.41) is 20.4. The zero-order chi connectivity index (χ0) is 14.8. The standard InChI is InChI=1S/C14H26O5/c1-8(2)12-10(16)11(17)13(19-14(3,4)5)9(18-12)6-7-15/h7-13,16-17H,6H2,1-5H3/t9?,10?,11?,12?,13-/m1/s1. The molecule has 1 fully saturated rings. The van der Waals surface area contributed by atoms with Crippen molar-refractivity contribution >= 4 is 6.29 Å². The Kier molecular flexibility index (Phi) is 5.50. The van der Waals surface area contributed by atoms with E-state index in [4.69, 9.17) is 9.47 Å². The molecule has 0 radical (unpaired) electrons. The van der Waals surface area contributed by atoms with Crippen LogP contribution in [0.25, 0.3) is 0 Å². The van der Waals surface area contributed by atoms with E-state index in [1.807, 2.05) is 34.6 Å². The van der Waals surface area contributed by atoms with Gasteiger partial charge in [-0.05, 0) is 26.7 Å². The average Bonchev–Trinajstić information content (AvgIpc) is 2.26. The number of aliphatic hydroxyl groups excluding tert-OH is 2. The smallest absolute Gasteiger partial charge is 0.122 e. The van der Waals surface area contributed by atoms with Crippen LogP contribution in [0.2, 0.25) is 0 Å². The molecule has 4 unspecified atom stereocenters. The van der Waals surface area contributed by atoms with Crippen molar-refractivity contribution in [1.29, 1.82) is 0 Å². The summed E-state index contributed by atoms with van der Waals surface area (Å²) in [5.74, 6) is 0.0504. The van der Waals surface area contributed by atoms with E-state index in [1.54, 1.807) is 0 Å². The molecule has 0 bridgehead atoms. The quantitative estimate of drug-likeness (QED) is 0.745. The second kappa shape index (κ2) is 6.31. The van der Waals surface area contributed by atoms with Gasteiger partial charge in [-0.1, -0.05) is 13.8 Å². The van der Waals surface area contributed by atoms with Gasteiger partial charge in [0.2, 0.25) is 0 Å². The SMILES string of the molecule is CC(C)C1OC(CC=O)[C@@H](OC(C)(C)C)C(O)C1O. The van der Waals surface area contributed by atoms with Gasteiger partial charge >= 0.3 is 0 Å². The van der Waals surface area contributed by atoms with Crippen LogP contribution in [-0.2, 0) is 14.3 Å². The number of rotatable bonds is 4. The Morgan fingerprint density at radius 1 is 1.26 bits per heavy atom. The molecule has 0 amide bonds. The molecule has 5 nitrogen and oxygen atoms in total. The Hall–Kier alpha value is -0.490. The first-order valence-corrected chi connectivity index (χ1v) is 6.80. The fourth-order valence-electron chi connectivity index (χ4n) is 2.36. The molecule has 112 valence electrons. The van der Waals surface area contributed by atoms with E-state index < -0.39 is 36.1 Å². The van der Waals surface area contributed by atoms with Gasteiger partial charge in [-0.15, -0.1) is 0 Å². The highest BCUT2D eigenvalue weighted by Gasteiger charge is 2.46. The lowest BCUT2D eigenvalue weighted by molar-refractivity contribution is -0.261. The lowest BCUT2D eigenvalue weighted by Crippen LogP contribution is -2.61. The maximum absolute atomic E-state index is 10.8. The number of carbonyl (C=O) groups is 1. The van der Waals surface area contributed by atoms with Crippen molar-refractivity contribution in [1.82, 2.24) is 0 Å².